The molecule has 1 aromatic carbocycles. The number of nitrogens with zero attached hydrogens (tertiary/aromatic N) is 4. The van der Waals surface area contributed by atoms with E-state index in [4.69, 9.17) is 9.72 Å². The van der Waals surface area contributed by atoms with Crippen molar-refractivity contribution in [3.63, 3.8) is 0 Å². The molecule has 6 nitrogen and oxygen atoms in total. The number of rotatable bonds is 6. The number of carbonyl (C=O) groups is 1. The molecule has 3 heterocycles. The highest BCUT2D eigenvalue weighted by Crippen LogP contribution is 2.27. The van der Waals surface area contributed by atoms with Crippen LogP contribution >= 0.6 is 0 Å². The molecule has 0 unspecified atom stereocenters. The lowest BCUT2D eigenvalue weighted by molar-refractivity contribution is -0.142. The number of hydrogen-bond acceptors (Lipinski definition) is 4. The van der Waals surface area contributed by atoms with E-state index in [1.807, 2.05) is 30.1 Å². The summed E-state index contributed by atoms with van der Waals surface area (Å²) in [6.45, 7) is 7.78. The first kappa shape index (κ1) is 18.4. The standard InChI is InChI=1S/C21H30N4O2/c1-21(15-27-16-21)14-23(2)20(26)13-25-18-9-5-4-8-17(18)22-19(25)12-24-10-6-3-7-11-24/h4-5,8-9H,3,6-7,10-16H2,1-2H3. The fraction of sp³-hybridized carbons (Fsp3) is 0.619. The summed E-state index contributed by atoms with van der Waals surface area (Å²) < 4.78 is 7.44. The van der Waals surface area contributed by atoms with Crippen LogP contribution in [0.4, 0.5) is 0 Å². The van der Waals surface area contributed by atoms with Crippen LogP contribution in [0.1, 0.15) is 32.0 Å². The molecule has 0 saturated carbocycles. The van der Waals surface area contributed by atoms with Crippen LogP contribution in [0, 0.1) is 5.41 Å². The number of fused-ring (bicyclic) bond motifs is 1. The van der Waals surface area contributed by atoms with E-state index in [0.29, 0.717) is 6.54 Å². The average Bonchev–Trinajstić information content (AvgIpc) is 2.98. The maximum atomic E-state index is 12.9. The third-order valence-corrected chi connectivity index (χ3v) is 5.79. The molecule has 2 aliphatic rings. The molecule has 0 atom stereocenters. The molecule has 2 saturated heterocycles. The van der Waals surface area contributed by atoms with Crippen molar-refractivity contribution in [2.24, 2.45) is 5.41 Å². The number of likely N-dealkylation sites (tertiary alicyclic amines) is 1. The number of amides is 1. The van der Waals surface area contributed by atoms with E-state index in [9.17, 15) is 4.79 Å². The lowest BCUT2D eigenvalue weighted by Crippen LogP contribution is -2.49. The molecule has 2 aliphatic heterocycles. The second-order valence-corrected chi connectivity index (χ2v) is 8.49. The van der Waals surface area contributed by atoms with Crippen LogP contribution in [0.3, 0.4) is 0 Å². The van der Waals surface area contributed by atoms with Crippen LogP contribution in [-0.2, 0) is 22.6 Å². The number of likely N-dealkylation sites (N-methyl/N-ethyl adjacent to an activating group) is 1. The van der Waals surface area contributed by atoms with Crippen LogP contribution in [0.25, 0.3) is 11.0 Å². The number of hydrogen-bond donors (Lipinski definition) is 0. The van der Waals surface area contributed by atoms with Gasteiger partial charge in [0.25, 0.3) is 0 Å². The van der Waals surface area contributed by atoms with Gasteiger partial charge in [0.1, 0.15) is 12.4 Å². The summed E-state index contributed by atoms with van der Waals surface area (Å²) in [7, 11) is 1.90. The minimum atomic E-state index is 0.0953. The van der Waals surface area contributed by atoms with Gasteiger partial charge in [-0.2, -0.15) is 0 Å². The zero-order valence-corrected chi connectivity index (χ0v) is 16.5. The normalized spacial score (nSPS) is 19.8. The topological polar surface area (TPSA) is 50.6 Å². The monoisotopic (exact) mass is 370 g/mol. The lowest BCUT2D eigenvalue weighted by atomic mass is 9.88. The number of aromatic nitrogens is 2. The van der Waals surface area contributed by atoms with Crippen LogP contribution in [0.5, 0.6) is 0 Å². The molecule has 1 aromatic heterocycles. The minimum absolute atomic E-state index is 0.0953. The van der Waals surface area contributed by atoms with Gasteiger partial charge >= 0.3 is 0 Å². The summed E-state index contributed by atoms with van der Waals surface area (Å²) in [6, 6.07) is 8.13. The fourth-order valence-electron chi connectivity index (χ4n) is 4.20. The molecule has 0 N–H and O–H groups in total. The second-order valence-electron chi connectivity index (χ2n) is 8.49. The Morgan fingerprint density at radius 1 is 1.22 bits per heavy atom. The number of benzene rings is 1. The Hall–Kier alpha value is -1.92. The first-order chi connectivity index (χ1) is 13.0. The number of piperidine rings is 1. The van der Waals surface area contributed by atoms with E-state index in [-0.39, 0.29) is 11.3 Å². The Morgan fingerprint density at radius 3 is 2.67 bits per heavy atom. The quantitative estimate of drug-likeness (QED) is 0.784. The van der Waals surface area contributed by atoms with Crippen molar-refractivity contribution in [3.8, 4) is 0 Å². The SMILES string of the molecule is CN(CC1(C)COC1)C(=O)Cn1c(CN2CCCCC2)nc2ccccc21. The maximum absolute atomic E-state index is 12.9. The largest absolute Gasteiger partial charge is 0.380 e. The van der Waals surface area contributed by atoms with Crippen LogP contribution in [0.15, 0.2) is 24.3 Å². The Balaban J connectivity index is 1.53. The molecule has 27 heavy (non-hydrogen) atoms. The molecule has 0 aliphatic carbocycles. The van der Waals surface area contributed by atoms with Gasteiger partial charge in [0, 0.05) is 19.0 Å². The molecular weight excluding hydrogens is 340 g/mol. The number of para-hydroxylation sites is 2. The zero-order chi connectivity index (χ0) is 18.9. The summed E-state index contributed by atoms with van der Waals surface area (Å²) in [5.74, 6) is 1.13. The van der Waals surface area contributed by atoms with Crippen molar-refractivity contribution in [1.29, 1.82) is 0 Å². The van der Waals surface area contributed by atoms with Crippen LogP contribution < -0.4 is 0 Å². The molecule has 6 heteroatoms. The molecule has 1 amide bonds. The van der Waals surface area contributed by atoms with Crippen molar-refractivity contribution >= 4 is 16.9 Å². The summed E-state index contributed by atoms with van der Waals surface area (Å²) in [5, 5.41) is 0. The van der Waals surface area contributed by atoms with E-state index in [2.05, 4.69) is 22.5 Å². The van der Waals surface area contributed by atoms with Crippen LogP contribution in [-0.4, -0.2) is 65.2 Å². The molecule has 2 aromatic rings. The van der Waals surface area contributed by atoms with E-state index >= 15 is 0 Å². The Labute approximate surface area is 161 Å². The lowest BCUT2D eigenvalue weighted by Gasteiger charge is -2.40. The molecule has 2 fully saturated rings. The predicted octanol–water partition coefficient (Wildman–Crippen LogP) is 2.52. The predicted molar refractivity (Wildman–Crippen MR) is 105 cm³/mol. The molecular formula is C21H30N4O2. The van der Waals surface area contributed by atoms with E-state index in [1.165, 1.54) is 19.3 Å². The van der Waals surface area contributed by atoms with Gasteiger partial charge in [-0.15, -0.1) is 0 Å². The molecule has 0 bridgehead atoms. The minimum Gasteiger partial charge on any atom is -0.380 e. The van der Waals surface area contributed by atoms with Crippen molar-refractivity contribution < 1.29 is 9.53 Å². The summed E-state index contributed by atoms with van der Waals surface area (Å²) >= 11 is 0. The molecule has 0 radical (unpaired) electrons. The smallest absolute Gasteiger partial charge is 0.242 e. The number of ether oxygens (including phenoxy) is 1. The highest BCUT2D eigenvalue weighted by Gasteiger charge is 2.35. The fourth-order valence-corrected chi connectivity index (χ4v) is 4.20. The average molecular weight is 370 g/mol. The van der Waals surface area contributed by atoms with Crippen LogP contribution in [0.2, 0.25) is 0 Å². The second kappa shape index (κ2) is 7.60. The number of imidazole rings is 1. The highest BCUT2D eigenvalue weighted by molar-refractivity contribution is 5.81. The van der Waals surface area contributed by atoms with Crippen molar-refractivity contribution in [2.75, 3.05) is 39.9 Å². The van der Waals surface area contributed by atoms with Crippen molar-refractivity contribution in [1.82, 2.24) is 19.4 Å². The number of carbonyl (C=O) groups excluding carboxylic acids is 1. The van der Waals surface area contributed by atoms with Gasteiger partial charge in [0.2, 0.25) is 5.91 Å². The summed E-state index contributed by atoms with van der Waals surface area (Å²) in [4.78, 5) is 22.1. The van der Waals surface area contributed by atoms with E-state index in [1.54, 1.807) is 0 Å². The van der Waals surface area contributed by atoms with Gasteiger partial charge in [-0.25, -0.2) is 4.98 Å². The molecule has 4 rings (SSSR count). The molecule has 146 valence electrons. The van der Waals surface area contributed by atoms with Gasteiger partial charge in [0.05, 0.1) is 30.8 Å². The van der Waals surface area contributed by atoms with Gasteiger partial charge in [-0.05, 0) is 38.1 Å². The van der Waals surface area contributed by atoms with E-state index in [0.717, 1.165) is 56.3 Å². The highest BCUT2D eigenvalue weighted by atomic mass is 16.5. The Morgan fingerprint density at radius 2 is 1.96 bits per heavy atom. The molecule has 0 spiro atoms. The van der Waals surface area contributed by atoms with Gasteiger partial charge in [0.15, 0.2) is 0 Å². The maximum Gasteiger partial charge on any atom is 0.242 e. The third-order valence-electron chi connectivity index (χ3n) is 5.79. The van der Waals surface area contributed by atoms with E-state index < -0.39 is 0 Å². The van der Waals surface area contributed by atoms with Gasteiger partial charge in [-0.1, -0.05) is 25.5 Å². The first-order valence-electron chi connectivity index (χ1n) is 10.0. The first-order valence-corrected chi connectivity index (χ1v) is 10.0. The zero-order valence-electron chi connectivity index (χ0n) is 16.5. The third kappa shape index (κ3) is 4.01. The Kier molecular flexibility index (Phi) is 5.19. The van der Waals surface area contributed by atoms with Gasteiger partial charge in [-0.3, -0.25) is 9.69 Å². The van der Waals surface area contributed by atoms with Crippen molar-refractivity contribution in [3.05, 3.63) is 30.1 Å². The van der Waals surface area contributed by atoms with Crippen molar-refractivity contribution in [2.45, 2.75) is 39.3 Å². The van der Waals surface area contributed by atoms with Gasteiger partial charge < -0.3 is 14.2 Å². The Bertz CT molecular complexity index is 806. The summed E-state index contributed by atoms with van der Waals surface area (Å²) in [6.07, 6.45) is 3.82. The summed E-state index contributed by atoms with van der Waals surface area (Å²) in [5.41, 5.74) is 2.11.